The minimum Gasteiger partial charge on any atom is -0.306 e. The molecule has 0 aliphatic carbocycles. The largest absolute Gasteiger partial charge is 0.306 e. The summed E-state index contributed by atoms with van der Waals surface area (Å²) in [5.74, 6) is 1.11. The molecule has 2 saturated heterocycles. The summed E-state index contributed by atoms with van der Waals surface area (Å²) in [4.78, 5) is 9.52. The van der Waals surface area contributed by atoms with Crippen molar-refractivity contribution in [3.63, 3.8) is 0 Å². The van der Waals surface area contributed by atoms with Crippen molar-refractivity contribution in [1.29, 1.82) is 0 Å². The maximum absolute atomic E-state index is 4.45. The van der Waals surface area contributed by atoms with E-state index in [1.165, 1.54) is 45.4 Å². The molecule has 0 radical (unpaired) electrons. The molecule has 0 bridgehead atoms. The molecule has 3 heterocycles. The Bertz CT molecular complexity index is 455. The summed E-state index contributed by atoms with van der Waals surface area (Å²) in [6, 6.07) is 0.393. The lowest BCUT2D eigenvalue weighted by molar-refractivity contribution is 0.111. The standard InChI is InChI=1S/C15H27N5/c1-13(2)20-14(16-12-17-20)9-19-8-6-15(11-19)5-4-7-18(3)10-15/h12-13H,4-11H2,1-3H3. The van der Waals surface area contributed by atoms with Gasteiger partial charge in [0.15, 0.2) is 0 Å². The second-order valence-corrected chi connectivity index (χ2v) is 7.02. The van der Waals surface area contributed by atoms with Crippen molar-refractivity contribution >= 4 is 0 Å². The van der Waals surface area contributed by atoms with E-state index in [1.54, 1.807) is 6.33 Å². The van der Waals surface area contributed by atoms with E-state index in [-0.39, 0.29) is 0 Å². The SMILES string of the molecule is CC(C)n1ncnc1CN1CCC2(CCCN(C)C2)C1. The van der Waals surface area contributed by atoms with E-state index in [0.717, 1.165) is 12.4 Å². The van der Waals surface area contributed by atoms with Crippen LogP contribution >= 0.6 is 0 Å². The fourth-order valence-electron chi connectivity index (χ4n) is 3.97. The lowest BCUT2D eigenvalue weighted by atomic mass is 9.79. The normalized spacial score (nSPS) is 28.8. The Kier molecular flexibility index (Phi) is 3.82. The molecule has 1 aromatic rings. The van der Waals surface area contributed by atoms with E-state index >= 15 is 0 Å². The summed E-state index contributed by atoms with van der Waals surface area (Å²) in [5, 5.41) is 4.34. The van der Waals surface area contributed by atoms with Crippen molar-refractivity contribution in [2.75, 3.05) is 33.2 Å². The van der Waals surface area contributed by atoms with E-state index < -0.39 is 0 Å². The number of piperidine rings is 1. The zero-order valence-electron chi connectivity index (χ0n) is 13.0. The molecule has 2 aliphatic heterocycles. The Morgan fingerprint density at radius 1 is 1.25 bits per heavy atom. The zero-order chi connectivity index (χ0) is 14.2. The molecule has 0 amide bonds. The van der Waals surface area contributed by atoms with Gasteiger partial charge < -0.3 is 4.90 Å². The van der Waals surface area contributed by atoms with Crippen molar-refractivity contribution < 1.29 is 0 Å². The third-order valence-corrected chi connectivity index (χ3v) is 4.87. The molecule has 1 spiro atoms. The van der Waals surface area contributed by atoms with Crippen LogP contribution in [0.1, 0.15) is 45.0 Å². The van der Waals surface area contributed by atoms with Gasteiger partial charge in [-0.3, -0.25) is 4.90 Å². The third-order valence-electron chi connectivity index (χ3n) is 4.87. The van der Waals surface area contributed by atoms with Gasteiger partial charge in [0.1, 0.15) is 12.2 Å². The first kappa shape index (κ1) is 14.0. The lowest BCUT2D eigenvalue weighted by Crippen LogP contribution is -2.42. The van der Waals surface area contributed by atoms with E-state index in [4.69, 9.17) is 0 Å². The van der Waals surface area contributed by atoms with Gasteiger partial charge in [0.25, 0.3) is 0 Å². The second-order valence-electron chi connectivity index (χ2n) is 7.02. The van der Waals surface area contributed by atoms with Crippen LogP contribution < -0.4 is 0 Å². The first-order valence-corrected chi connectivity index (χ1v) is 7.87. The van der Waals surface area contributed by atoms with Gasteiger partial charge in [-0.05, 0) is 58.7 Å². The molecule has 0 N–H and O–H groups in total. The van der Waals surface area contributed by atoms with Crippen LogP contribution in [0.3, 0.4) is 0 Å². The summed E-state index contributed by atoms with van der Waals surface area (Å²) < 4.78 is 2.05. The van der Waals surface area contributed by atoms with Crippen LogP contribution in [-0.2, 0) is 6.54 Å². The van der Waals surface area contributed by atoms with Crippen LogP contribution in [0, 0.1) is 5.41 Å². The van der Waals surface area contributed by atoms with Gasteiger partial charge in [-0.25, -0.2) is 9.67 Å². The molecule has 0 aromatic carbocycles. The molecule has 3 rings (SSSR count). The smallest absolute Gasteiger partial charge is 0.141 e. The molecule has 1 aromatic heterocycles. The highest BCUT2D eigenvalue weighted by Gasteiger charge is 2.40. The number of aromatic nitrogens is 3. The number of hydrogen-bond donors (Lipinski definition) is 0. The Labute approximate surface area is 122 Å². The fourth-order valence-corrected chi connectivity index (χ4v) is 3.97. The highest BCUT2D eigenvalue weighted by molar-refractivity contribution is 4.96. The molecule has 5 heteroatoms. The van der Waals surface area contributed by atoms with Gasteiger partial charge in [0.05, 0.1) is 6.54 Å². The lowest BCUT2D eigenvalue weighted by Gasteiger charge is -2.38. The average molecular weight is 277 g/mol. The number of rotatable bonds is 3. The summed E-state index contributed by atoms with van der Waals surface area (Å²) >= 11 is 0. The molecule has 2 aliphatic rings. The molecule has 2 fully saturated rings. The Morgan fingerprint density at radius 3 is 2.85 bits per heavy atom. The second kappa shape index (κ2) is 5.45. The van der Waals surface area contributed by atoms with Gasteiger partial charge >= 0.3 is 0 Å². The predicted octanol–water partition coefficient (Wildman–Crippen LogP) is 1.78. The average Bonchev–Trinajstić information content (AvgIpc) is 2.98. The van der Waals surface area contributed by atoms with Gasteiger partial charge in [-0.2, -0.15) is 5.10 Å². The molecule has 1 atom stereocenters. The molecule has 20 heavy (non-hydrogen) atoms. The van der Waals surface area contributed by atoms with Gasteiger partial charge in [0.2, 0.25) is 0 Å². The minimum absolute atomic E-state index is 0.393. The maximum Gasteiger partial charge on any atom is 0.141 e. The van der Waals surface area contributed by atoms with Gasteiger partial charge in [-0.15, -0.1) is 0 Å². The quantitative estimate of drug-likeness (QED) is 0.844. The predicted molar refractivity (Wildman–Crippen MR) is 79.5 cm³/mol. The highest BCUT2D eigenvalue weighted by Crippen LogP contribution is 2.38. The van der Waals surface area contributed by atoms with Crippen molar-refractivity contribution in [3.05, 3.63) is 12.2 Å². The van der Waals surface area contributed by atoms with E-state index in [9.17, 15) is 0 Å². The summed E-state index contributed by atoms with van der Waals surface area (Å²) in [6.45, 7) is 10.2. The first-order valence-electron chi connectivity index (χ1n) is 7.87. The molecular formula is C15H27N5. The van der Waals surface area contributed by atoms with Crippen molar-refractivity contribution in [2.24, 2.45) is 5.41 Å². The molecular weight excluding hydrogens is 250 g/mol. The highest BCUT2D eigenvalue weighted by atomic mass is 15.4. The third kappa shape index (κ3) is 2.74. The van der Waals surface area contributed by atoms with Crippen LogP contribution in [0.15, 0.2) is 6.33 Å². The summed E-state index contributed by atoms with van der Waals surface area (Å²) in [6.07, 6.45) is 5.78. The summed E-state index contributed by atoms with van der Waals surface area (Å²) in [7, 11) is 2.26. The number of hydrogen-bond acceptors (Lipinski definition) is 4. The topological polar surface area (TPSA) is 37.2 Å². The van der Waals surface area contributed by atoms with Gasteiger partial charge in [-0.1, -0.05) is 0 Å². The van der Waals surface area contributed by atoms with Crippen LogP contribution in [0.25, 0.3) is 0 Å². The Morgan fingerprint density at radius 2 is 2.10 bits per heavy atom. The first-order chi connectivity index (χ1) is 9.58. The molecule has 1 unspecified atom stereocenters. The maximum atomic E-state index is 4.45. The number of likely N-dealkylation sites (tertiary alicyclic amines) is 2. The van der Waals surface area contributed by atoms with Crippen molar-refractivity contribution in [3.8, 4) is 0 Å². The summed E-state index contributed by atoms with van der Waals surface area (Å²) in [5.41, 5.74) is 0.537. The minimum atomic E-state index is 0.393. The molecule has 112 valence electrons. The van der Waals surface area contributed by atoms with E-state index in [1.807, 2.05) is 0 Å². The van der Waals surface area contributed by atoms with Crippen LogP contribution in [0.5, 0.6) is 0 Å². The van der Waals surface area contributed by atoms with Crippen LogP contribution in [0.2, 0.25) is 0 Å². The van der Waals surface area contributed by atoms with E-state index in [2.05, 4.69) is 45.5 Å². The molecule has 0 saturated carbocycles. The Balaban J connectivity index is 1.64. The fraction of sp³-hybridized carbons (Fsp3) is 0.867. The van der Waals surface area contributed by atoms with Crippen LogP contribution in [0.4, 0.5) is 0 Å². The van der Waals surface area contributed by atoms with Crippen molar-refractivity contribution in [1.82, 2.24) is 24.6 Å². The van der Waals surface area contributed by atoms with Crippen molar-refractivity contribution in [2.45, 2.75) is 45.7 Å². The monoisotopic (exact) mass is 277 g/mol. The van der Waals surface area contributed by atoms with Crippen LogP contribution in [-0.4, -0.2) is 57.8 Å². The van der Waals surface area contributed by atoms with Gasteiger partial charge in [0, 0.05) is 19.1 Å². The Hall–Kier alpha value is -0.940. The zero-order valence-corrected chi connectivity index (χ0v) is 13.0. The number of nitrogens with zero attached hydrogens (tertiary/aromatic N) is 5. The molecule has 5 nitrogen and oxygen atoms in total. The van der Waals surface area contributed by atoms with E-state index in [0.29, 0.717) is 11.5 Å².